The van der Waals surface area contributed by atoms with E-state index in [1.807, 2.05) is 30.3 Å². The van der Waals surface area contributed by atoms with Crippen molar-refractivity contribution in [3.63, 3.8) is 0 Å². The van der Waals surface area contributed by atoms with Crippen LogP contribution in [0.25, 0.3) is 11.1 Å². The lowest BCUT2D eigenvalue weighted by molar-refractivity contribution is 0.932. The Kier molecular flexibility index (Phi) is 2.84. The van der Waals surface area contributed by atoms with E-state index >= 15 is 0 Å². The molecule has 0 amide bonds. The number of H-pyrrole nitrogens is 1. The summed E-state index contributed by atoms with van der Waals surface area (Å²) in [5.74, 6) is 0. The molecule has 0 unspecified atom stereocenters. The predicted molar refractivity (Wildman–Crippen MR) is 83.6 cm³/mol. The average molecular weight is 284 g/mol. The van der Waals surface area contributed by atoms with Crippen molar-refractivity contribution in [1.82, 2.24) is 15.4 Å². The quantitative estimate of drug-likeness (QED) is 0.786. The van der Waals surface area contributed by atoms with Gasteiger partial charge < -0.3 is 0 Å². The molecule has 4 nitrogen and oxygen atoms in total. The molecule has 0 radical (unpaired) electrons. The fraction of sp³-hybridized carbons (Fsp3) is 0.0556. The van der Waals surface area contributed by atoms with E-state index in [-0.39, 0.29) is 0 Å². The van der Waals surface area contributed by atoms with Gasteiger partial charge in [-0.05, 0) is 28.7 Å². The van der Waals surface area contributed by atoms with Crippen LogP contribution >= 0.6 is 0 Å². The summed E-state index contributed by atoms with van der Waals surface area (Å²) in [7, 11) is 0. The summed E-state index contributed by atoms with van der Waals surface area (Å²) in [6.07, 6.45) is 0.841. The number of rotatable bonds is 2. The molecule has 0 atom stereocenters. The molecule has 0 aliphatic heterocycles. The van der Waals surface area contributed by atoms with Crippen LogP contribution in [0.5, 0.6) is 0 Å². The first-order chi connectivity index (χ1) is 10.9. The van der Waals surface area contributed by atoms with Gasteiger partial charge in [-0.25, -0.2) is 0 Å². The van der Waals surface area contributed by atoms with Gasteiger partial charge in [0.1, 0.15) is 11.8 Å². The first kappa shape index (κ1) is 12.5. The maximum Gasteiger partial charge on any atom is 0.190 e. The van der Waals surface area contributed by atoms with Gasteiger partial charge >= 0.3 is 0 Å². The maximum absolute atomic E-state index is 9.28. The first-order valence-electron chi connectivity index (χ1n) is 7.06. The lowest BCUT2D eigenvalue weighted by Crippen LogP contribution is -1.92. The summed E-state index contributed by atoms with van der Waals surface area (Å²) >= 11 is 0. The highest BCUT2D eigenvalue weighted by Gasteiger charge is 2.27. The number of allylic oxidation sites excluding steroid dienone is 1. The van der Waals surface area contributed by atoms with E-state index in [1.165, 1.54) is 11.1 Å². The molecule has 0 fully saturated rings. The number of fused-ring (bicyclic) bond motifs is 1. The van der Waals surface area contributed by atoms with Crippen LogP contribution in [0.15, 0.2) is 54.6 Å². The van der Waals surface area contributed by atoms with Gasteiger partial charge in [0.2, 0.25) is 0 Å². The Morgan fingerprint density at radius 1 is 0.955 bits per heavy atom. The summed E-state index contributed by atoms with van der Waals surface area (Å²) in [6, 6.07) is 20.6. The van der Waals surface area contributed by atoms with E-state index in [4.69, 9.17) is 0 Å². The van der Waals surface area contributed by atoms with Crippen molar-refractivity contribution in [2.75, 3.05) is 0 Å². The molecule has 0 bridgehead atoms. The molecule has 1 aromatic heterocycles. The second kappa shape index (κ2) is 4.97. The Morgan fingerprint density at radius 3 is 2.55 bits per heavy atom. The Bertz CT molecular complexity index is 914. The highest BCUT2D eigenvalue weighted by atomic mass is 15.3. The fourth-order valence-electron chi connectivity index (χ4n) is 3.00. The zero-order valence-electron chi connectivity index (χ0n) is 11.7. The molecule has 1 aliphatic rings. The highest BCUT2D eigenvalue weighted by molar-refractivity contribution is 6.03. The zero-order chi connectivity index (χ0) is 14.9. The molecule has 104 valence electrons. The van der Waals surface area contributed by atoms with E-state index < -0.39 is 0 Å². The Morgan fingerprint density at radius 2 is 1.73 bits per heavy atom. The van der Waals surface area contributed by atoms with E-state index in [1.54, 1.807) is 0 Å². The molecular formula is C18H12N4. The molecular weight excluding hydrogens is 272 g/mol. The number of hydrogen-bond acceptors (Lipinski definition) is 3. The van der Waals surface area contributed by atoms with E-state index in [0.29, 0.717) is 11.4 Å². The minimum Gasteiger partial charge on any atom is -0.196 e. The summed E-state index contributed by atoms with van der Waals surface area (Å²) in [5, 5.41) is 20.0. The monoisotopic (exact) mass is 284 g/mol. The maximum atomic E-state index is 9.28. The standard InChI is InChI=1S/C18H12N4/c19-11-16-18(21-22-20-16)17-14-9-5-4-8-13(14)10-15(17)12-6-2-1-3-7-12/h1-9H,10H2,(H,20,21,22). The Labute approximate surface area is 127 Å². The minimum atomic E-state index is 0.333. The van der Waals surface area contributed by atoms with Crippen LogP contribution in [0, 0.1) is 11.3 Å². The van der Waals surface area contributed by atoms with Gasteiger partial charge in [-0.1, -0.05) is 54.6 Å². The molecule has 1 N–H and O–H groups in total. The molecule has 1 heterocycles. The van der Waals surface area contributed by atoms with Crippen molar-refractivity contribution < 1.29 is 0 Å². The van der Waals surface area contributed by atoms with Gasteiger partial charge in [0, 0.05) is 5.57 Å². The summed E-state index contributed by atoms with van der Waals surface area (Å²) in [4.78, 5) is 0. The molecule has 0 spiro atoms. The minimum absolute atomic E-state index is 0.333. The third-order valence-electron chi connectivity index (χ3n) is 3.97. The van der Waals surface area contributed by atoms with Gasteiger partial charge in [0.25, 0.3) is 0 Å². The van der Waals surface area contributed by atoms with Gasteiger partial charge in [-0.15, -0.1) is 5.10 Å². The smallest absolute Gasteiger partial charge is 0.190 e. The number of aromatic nitrogens is 3. The zero-order valence-corrected chi connectivity index (χ0v) is 11.7. The Hall–Kier alpha value is -3.19. The van der Waals surface area contributed by atoms with Gasteiger partial charge in [-0.2, -0.15) is 15.6 Å². The van der Waals surface area contributed by atoms with Crippen molar-refractivity contribution in [2.24, 2.45) is 0 Å². The fourth-order valence-corrected chi connectivity index (χ4v) is 3.00. The largest absolute Gasteiger partial charge is 0.196 e. The van der Waals surface area contributed by atoms with Gasteiger partial charge in [0.15, 0.2) is 5.69 Å². The van der Waals surface area contributed by atoms with Gasteiger partial charge in [-0.3, -0.25) is 0 Å². The summed E-state index contributed by atoms with van der Waals surface area (Å²) in [6.45, 7) is 0. The molecule has 22 heavy (non-hydrogen) atoms. The number of aromatic amines is 1. The van der Waals surface area contributed by atoms with Crippen molar-refractivity contribution >= 4 is 11.1 Å². The number of hydrogen-bond donors (Lipinski definition) is 1. The number of nitriles is 1. The highest BCUT2D eigenvalue weighted by Crippen LogP contribution is 2.41. The predicted octanol–water partition coefficient (Wildman–Crippen LogP) is 3.19. The third kappa shape index (κ3) is 1.84. The lowest BCUT2D eigenvalue weighted by atomic mass is 9.97. The molecule has 4 rings (SSSR count). The molecule has 4 heteroatoms. The number of nitrogens with one attached hydrogen (secondary N) is 1. The molecule has 0 saturated heterocycles. The van der Waals surface area contributed by atoms with Crippen molar-refractivity contribution in [1.29, 1.82) is 5.26 Å². The second-order valence-electron chi connectivity index (χ2n) is 5.19. The van der Waals surface area contributed by atoms with Crippen LogP contribution in [0.2, 0.25) is 0 Å². The second-order valence-corrected chi connectivity index (χ2v) is 5.19. The van der Waals surface area contributed by atoms with E-state index in [2.05, 4.69) is 45.7 Å². The topological polar surface area (TPSA) is 65.4 Å². The third-order valence-corrected chi connectivity index (χ3v) is 3.97. The van der Waals surface area contributed by atoms with Gasteiger partial charge in [0.05, 0.1) is 0 Å². The van der Waals surface area contributed by atoms with Crippen LogP contribution in [0.3, 0.4) is 0 Å². The number of benzene rings is 2. The average Bonchev–Trinajstić information content (AvgIpc) is 3.19. The molecule has 2 aromatic carbocycles. The van der Waals surface area contributed by atoms with Crippen molar-refractivity contribution in [3.05, 3.63) is 82.7 Å². The molecule has 1 aliphatic carbocycles. The normalized spacial score (nSPS) is 13.0. The Balaban J connectivity index is 2.01. The van der Waals surface area contributed by atoms with Crippen LogP contribution in [0.4, 0.5) is 0 Å². The molecule has 0 saturated carbocycles. The van der Waals surface area contributed by atoms with E-state index in [9.17, 15) is 5.26 Å². The van der Waals surface area contributed by atoms with Crippen molar-refractivity contribution in [2.45, 2.75) is 6.42 Å². The van der Waals surface area contributed by atoms with Crippen LogP contribution in [-0.4, -0.2) is 15.4 Å². The summed E-state index contributed by atoms with van der Waals surface area (Å²) < 4.78 is 0. The van der Waals surface area contributed by atoms with E-state index in [0.717, 1.165) is 23.1 Å². The van der Waals surface area contributed by atoms with Crippen LogP contribution in [-0.2, 0) is 6.42 Å². The SMILES string of the molecule is N#Cc1n[nH]nc1C1=C(c2ccccc2)Cc2ccccc21. The van der Waals surface area contributed by atoms with Crippen LogP contribution in [0.1, 0.15) is 28.1 Å². The summed E-state index contributed by atoms with van der Waals surface area (Å²) in [5.41, 5.74) is 6.70. The van der Waals surface area contributed by atoms with Crippen LogP contribution < -0.4 is 0 Å². The lowest BCUT2D eigenvalue weighted by Gasteiger charge is -2.06. The molecule has 3 aromatic rings. The van der Waals surface area contributed by atoms with Crippen molar-refractivity contribution in [3.8, 4) is 6.07 Å². The number of nitrogens with zero attached hydrogens (tertiary/aromatic N) is 3. The first-order valence-corrected chi connectivity index (χ1v) is 7.06.